The van der Waals surface area contributed by atoms with Gasteiger partial charge in [-0.3, -0.25) is 9.59 Å². The molecule has 5 N–H and O–H groups in total. The number of fused-ring (bicyclic) bond motifs is 2. The molecule has 11 nitrogen and oxygen atoms in total. The molecule has 252 valence electrons. The zero-order valence-corrected chi connectivity index (χ0v) is 27.6. The van der Waals surface area contributed by atoms with Crippen molar-refractivity contribution in [3.05, 3.63) is 53.7 Å². The van der Waals surface area contributed by atoms with Gasteiger partial charge in [0.05, 0.1) is 38.6 Å². The number of benzene rings is 2. The molecule has 0 aromatic heterocycles. The second-order valence-corrected chi connectivity index (χ2v) is 12.1. The minimum Gasteiger partial charge on any atom is -0.493 e. The van der Waals surface area contributed by atoms with E-state index in [2.05, 4.69) is 23.3 Å². The Morgan fingerprint density at radius 1 is 1.00 bits per heavy atom. The quantitative estimate of drug-likeness (QED) is 0.181. The van der Waals surface area contributed by atoms with Gasteiger partial charge in [0.2, 0.25) is 12.3 Å². The van der Waals surface area contributed by atoms with Gasteiger partial charge >= 0.3 is 0 Å². The molecule has 2 amide bonds. The molecule has 2 aliphatic rings. The van der Waals surface area contributed by atoms with Gasteiger partial charge in [0.1, 0.15) is 12.0 Å². The molecule has 2 heterocycles. The lowest BCUT2D eigenvalue weighted by molar-refractivity contribution is -0.117. The number of aryl methyl sites for hydroxylation is 3. The van der Waals surface area contributed by atoms with Gasteiger partial charge in [-0.25, -0.2) is 0 Å². The van der Waals surface area contributed by atoms with Gasteiger partial charge in [0.15, 0.2) is 11.5 Å². The third kappa shape index (κ3) is 8.64. The lowest BCUT2D eigenvalue weighted by atomic mass is 9.96. The maximum Gasteiger partial charge on any atom is 0.240 e. The monoisotopic (exact) mass is 637 g/mol. The topological polar surface area (TPSA) is 139 Å². The van der Waals surface area contributed by atoms with Crippen molar-refractivity contribution >= 4 is 23.7 Å². The summed E-state index contributed by atoms with van der Waals surface area (Å²) < 4.78 is 18.1. The van der Waals surface area contributed by atoms with E-state index in [1.165, 1.54) is 5.56 Å². The molecule has 3 atom stereocenters. The molecule has 0 aliphatic carbocycles. The van der Waals surface area contributed by atoms with Gasteiger partial charge < -0.3 is 45.5 Å². The van der Waals surface area contributed by atoms with E-state index in [1.54, 1.807) is 18.2 Å². The summed E-state index contributed by atoms with van der Waals surface area (Å²) in [5, 5.41) is 16.9. The standard InChI is InChI=1S/C35H51N5O6/c1-5-37-27-13-9-11-26-18-32(44-4)33(20-30(26)40(22-27)34(42)21-36)46-16-8-6-7-15-45-31-19-29-25(17-24(31)2)12-10-14-28(38-23-41)35(43)39(29)3/h5,17-20,23,27-28,35,37,43H,1,6-16,21-22,36H2,2-4H3,(H,38,41). The number of carbonyl (C=O) groups is 2. The minimum atomic E-state index is -0.821. The number of anilines is 2. The predicted molar refractivity (Wildman–Crippen MR) is 181 cm³/mol. The fourth-order valence-corrected chi connectivity index (χ4v) is 6.41. The number of hydrogen-bond donors (Lipinski definition) is 4. The van der Waals surface area contributed by atoms with E-state index < -0.39 is 6.23 Å². The number of ether oxygens (including phenoxy) is 3. The van der Waals surface area contributed by atoms with Crippen LogP contribution in [0.15, 0.2) is 37.0 Å². The average Bonchev–Trinajstić information content (AvgIpc) is 3.04. The van der Waals surface area contributed by atoms with Gasteiger partial charge in [0, 0.05) is 37.5 Å². The van der Waals surface area contributed by atoms with Crippen LogP contribution in [-0.4, -0.2) is 76.2 Å². The summed E-state index contributed by atoms with van der Waals surface area (Å²) in [6.45, 7) is 7.31. The highest BCUT2D eigenvalue weighted by atomic mass is 16.5. The van der Waals surface area contributed by atoms with Crippen molar-refractivity contribution in [3.63, 3.8) is 0 Å². The minimum absolute atomic E-state index is 0.0759. The maximum atomic E-state index is 12.9. The first-order chi connectivity index (χ1) is 22.3. The van der Waals surface area contributed by atoms with Crippen molar-refractivity contribution in [1.82, 2.24) is 10.6 Å². The third-order valence-corrected chi connectivity index (χ3v) is 8.95. The summed E-state index contributed by atoms with van der Waals surface area (Å²) in [5.74, 6) is 1.91. The zero-order chi connectivity index (χ0) is 33.1. The number of rotatable bonds is 14. The van der Waals surface area contributed by atoms with Crippen LogP contribution in [0.3, 0.4) is 0 Å². The number of likely N-dealkylation sites (N-methyl/N-ethyl adjacent to an activating group) is 1. The lowest BCUT2D eigenvalue weighted by Gasteiger charge is -2.35. The van der Waals surface area contributed by atoms with Crippen molar-refractivity contribution < 1.29 is 28.9 Å². The number of aliphatic hydroxyl groups excluding tert-OH is 1. The number of hydrogen-bond acceptors (Lipinski definition) is 9. The predicted octanol–water partition coefficient (Wildman–Crippen LogP) is 3.57. The van der Waals surface area contributed by atoms with Crippen molar-refractivity contribution in [2.75, 3.05) is 50.3 Å². The Kier molecular flexibility index (Phi) is 13.0. The van der Waals surface area contributed by atoms with E-state index in [-0.39, 0.29) is 24.5 Å². The van der Waals surface area contributed by atoms with Crippen LogP contribution in [0, 0.1) is 6.92 Å². The Morgan fingerprint density at radius 3 is 2.35 bits per heavy atom. The first-order valence-electron chi connectivity index (χ1n) is 16.4. The first kappa shape index (κ1) is 34.9. The van der Waals surface area contributed by atoms with E-state index in [0.29, 0.717) is 44.1 Å². The Labute approximate surface area is 273 Å². The molecule has 46 heavy (non-hydrogen) atoms. The smallest absolute Gasteiger partial charge is 0.240 e. The molecule has 2 aliphatic heterocycles. The Bertz CT molecular complexity index is 1340. The molecular weight excluding hydrogens is 586 g/mol. The molecule has 0 radical (unpaired) electrons. The number of nitrogens with two attached hydrogens (primary N) is 1. The zero-order valence-electron chi connectivity index (χ0n) is 27.6. The molecule has 3 unspecified atom stereocenters. The fourth-order valence-electron chi connectivity index (χ4n) is 6.41. The van der Waals surface area contributed by atoms with Gasteiger partial charge in [0.25, 0.3) is 0 Å². The summed E-state index contributed by atoms with van der Waals surface area (Å²) in [6, 6.07) is 7.81. The second kappa shape index (κ2) is 17.1. The molecule has 2 aromatic carbocycles. The van der Waals surface area contributed by atoms with Crippen LogP contribution in [0.1, 0.15) is 61.6 Å². The molecule has 0 saturated heterocycles. The number of aliphatic hydroxyl groups is 1. The van der Waals surface area contributed by atoms with Crippen molar-refractivity contribution in [2.24, 2.45) is 5.73 Å². The fraction of sp³-hybridized carbons (Fsp3) is 0.543. The van der Waals surface area contributed by atoms with E-state index in [0.717, 1.165) is 79.6 Å². The van der Waals surface area contributed by atoms with Crippen LogP contribution in [0.5, 0.6) is 17.2 Å². The second-order valence-electron chi connectivity index (χ2n) is 12.1. The normalized spacial score (nSPS) is 19.7. The number of methoxy groups -OCH3 is 1. The number of unbranched alkanes of at least 4 members (excludes halogenated alkanes) is 2. The van der Waals surface area contributed by atoms with E-state index in [9.17, 15) is 14.7 Å². The molecule has 0 saturated carbocycles. The van der Waals surface area contributed by atoms with Gasteiger partial charge in [-0.15, -0.1) is 0 Å². The van der Waals surface area contributed by atoms with Gasteiger partial charge in [-0.05, 0) is 93.7 Å². The molecule has 2 aromatic rings. The number of nitrogens with zero attached hydrogens (tertiary/aromatic N) is 2. The summed E-state index contributed by atoms with van der Waals surface area (Å²) in [6.07, 6.45) is 9.24. The summed E-state index contributed by atoms with van der Waals surface area (Å²) in [4.78, 5) is 27.5. The first-order valence-corrected chi connectivity index (χ1v) is 16.4. The van der Waals surface area contributed by atoms with Crippen molar-refractivity contribution in [1.29, 1.82) is 0 Å². The van der Waals surface area contributed by atoms with Crippen LogP contribution in [0.4, 0.5) is 11.4 Å². The highest BCUT2D eigenvalue weighted by Gasteiger charge is 2.28. The number of nitrogens with one attached hydrogen (secondary N) is 2. The molecule has 0 spiro atoms. The molecular formula is C35H51N5O6. The van der Waals surface area contributed by atoms with E-state index in [1.807, 2.05) is 37.1 Å². The number of amides is 2. The van der Waals surface area contributed by atoms with Crippen LogP contribution in [0.25, 0.3) is 0 Å². The molecule has 0 fully saturated rings. The van der Waals surface area contributed by atoms with Crippen LogP contribution < -0.4 is 40.4 Å². The molecule has 0 bridgehead atoms. The number of carbonyl (C=O) groups excluding carboxylic acids is 2. The molecule has 11 heteroatoms. The van der Waals surface area contributed by atoms with Gasteiger partial charge in [-0.1, -0.05) is 12.6 Å². The Hall–Kier alpha value is -3.96. The summed E-state index contributed by atoms with van der Waals surface area (Å²) in [5.41, 5.74) is 10.8. The summed E-state index contributed by atoms with van der Waals surface area (Å²) in [7, 11) is 3.48. The maximum absolute atomic E-state index is 12.9. The largest absolute Gasteiger partial charge is 0.493 e. The average molecular weight is 638 g/mol. The highest BCUT2D eigenvalue weighted by molar-refractivity contribution is 5.96. The van der Waals surface area contributed by atoms with Crippen molar-refractivity contribution in [3.8, 4) is 17.2 Å². The Morgan fingerprint density at radius 2 is 1.67 bits per heavy atom. The lowest BCUT2D eigenvalue weighted by Crippen LogP contribution is -2.49. The van der Waals surface area contributed by atoms with E-state index >= 15 is 0 Å². The van der Waals surface area contributed by atoms with Crippen LogP contribution >= 0.6 is 0 Å². The third-order valence-electron chi connectivity index (χ3n) is 8.95. The SMILES string of the molecule is C=CNC1CCCc2cc(OC)c(OCCCCCOc3cc4c(cc3C)CCCC(NC=O)C(O)N4C)cc2N(C(=O)CN)C1. The molecule has 4 rings (SSSR count). The van der Waals surface area contributed by atoms with Crippen LogP contribution in [0.2, 0.25) is 0 Å². The summed E-state index contributed by atoms with van der Waals surface area (Å²) >= 11 is 0. The van der Waals surface area contributed by atoms with Crippen LogP contribution in [-0.2, 0) is 22.4 Å². The van der Waals surface area contributed by atoms with Crippen molar-refractivity contribution in [2.45, 2.75) is 83.0 Å². The van der Waals surface area contributed by atoms with E-state index in [4.69, 9.17) is 19.9 Å². The van der Waals surface area contributed by atoms with Gasteiger partial charge in [-0.2, -0.15) is 0 Å². The Balaban J connectivity index is 1.33. The highest BCUT2D eigenvalue weighted by Crippen LogP contribution is 2.38.